The maximum Gasteiger partial charge on any atom is 0.337 e. The van der Waals surface area contributed by atoms with Crippen LogP contribution in [0, 0.1) is 5.82 Å². The van der Waals surface area contributed by atoms with Gasteiger partial charge in [0.05, 0.1) is 18.2 Å². The van der Waals surface area contributed by atoms with Crippen LogP contribution in [0.3, 0.4) is 0 Å². The highest BCUT2D eigenvalue weighted by molar-refractivity contribution is 6.04. The molecule has 0 unspecified atom stereocenters. The second-order valence-corrected chi connectivity index (χ2v) is 7.18. The number of hydrogen-bond acceptors (Lipinski definition) is 6. The molecule has 8 heteroatoms. The molecule has 2 aromatic carbocycles. The molecule has 0 bridgehead atoms. The van der Waals surface area contributed by atoms with Gasteiger partial charge in [-0.1, -0.05) is 6.07 Å². The summed E-state index contributed by atoms with van der Waals surface area (Å²) in [6.45, 7) is 0.956. The highest BCUT2D eigenvalue weighted by atomic mass is 19.1. The Bertz CT molecular complexity index is 995. The highest BCUT2D eigenvalue weighted by Crippen LogP contribution is 2.35. The van der Waals surface area contributed by atoms with E-state index in [0.29, 0.717) is 48.3 Å². The van der Waals surface area contributed by atoms with Crippen molar-refractivity contribution >= 4 is 23.4 Å². The number of carbonyl (C=O) groups is 2. The van der Waals surface area contributed by atoms with Crippen LogP contribution in [0.4, 0.5) is 10.1 Å². The number of halogens is 1. The van der Waals surface area contributed by atoms with Crippen molar-refractivity contribution in [1.82, 2.24) is 4.90 Å². The van der Waals surface area contributed by atoms with Crippen LogP contribution < -0.4 is 11.1 Å². The number of methoxy groups -OCH3 is 1. The zero-order valence-electron chi connectivity index (χ0n) is 15.9. The highest BCUT2D eigenvalue weighted by Gasteiger charge is 2.39. The van der Waals surface area contributed by atoms with Crippen LogP contribution in [0.5, 0.6) is 0 Å². The lowest BCUT2D eigenvalue weighted by molar-refractivity contribution is 0.0598. The molecule has 0 aromatic heterocycles. The number of esters is 1. The van der Waals surface area contributed by atoms with E-state index in [1.807, 2.05) is 0 Å². The number of likely N-dealkylation sites (tertiary alicyclic amines) is 1. The Balaban J connectivity index is 1.47. The lowest BCUT2D eigenvalue weighted by Gasteiger charge is -2.42. The van der Waals surface area contributed by atoms with Gasteiger partial charge in [0.2, 0.25) is 0 Å². The van der Waals surface area contributed by atoms with Gasteiger partial charge in [-0.15, -0.1) is 0 Å². The smallest absolute Gasteiger partial charge is 0.337 e. The Morgan fingerprint density at radius 3 is 2.45 bits per heavy atom. The summed E-state index contributed by atoms with van der Waals surface area (Å²) in [5.41, 5.74) is 7.21. The Kier molecular flexibility index (Phi) is 4.70. The largest absolute Gasteiger partial charge is 0.465 e. The van der Waals surface area contributed by atoms with E-state index in [-0.39, 0.29) is 11.7 Å². The zero-order valence-corrected chi connectivity index (χ0v) is 15.9. The van der Waals surface area contributed by atoms with Gasteiger partial charge in [0.25, 0.3) is 5.91 Å². The van der Waals surface area contributed by atoms with Crippen molar-refractivity contribution in [2.45, 2.75) is 18.5 Å². The normalized spacial score (nSPS) is 17.2. The molecule has 2 aromatic rings. The second kappa shape index (κ2) is 7.20. The van der Waals surface area contributed by atoms with Gasteiger partial charge in [-0.05, 0) is 36.4 Å². The van der Waals surface area contributed by atoms with Crippen molar-refractivity contribution in [3.8, 4) is 0 Å². The third-order valence-electron chi connectivity index (χ3n) is 5.40. The fourth-order valence-electron chi connectivity index (χ4n) is 3.82. The van der Waals surface area contributed by atoms with Crippen LogP contribution >= 0.6 is 0 Å². The van der Waals surface area contributed by atoms with Gasteiger partial charge in [0.1, 0.15) is 17.3 Å². The molecule has 4 rings (SSSR count). The van der Waals surface area contributed by atoms with Crippen molar-refractivity contribution in [3.05, 3.63) is 65.0 Å². The van der Waals surface area contributed by atoms with Crippen LogP contribution in [-0.4, -0.2) is 48.5 Å². The number of aliphatic imine (C=N–C) groups is 1. The number of hydrogen-bond donors (Lipinski definition) is 2. The van der Waals surface area contributed by atoms with Gasteiger partial charge in [-0.2, -0.15) is 0 Å². The van der Waals surface area contributed by atoms with Gasteiger partial charge < -0.3 is 20.7 Å². The fourth-order valence-corrected chi connectivity index (χ4v) is 3.82. The van der Waals surface area contributed by atoms with E-state index in [0.717, 1.165) is 0 Å². The molecule has 29 heavy (non-hydrogen) atoms. The molecule has 1 saturated heterocycles. The summed E-state index contributed by atoms with van der Waals surface area (Å²) < 4.78 is 18.7. The molecule has 2 aliphatic rings. The monoisotopic (exact) mass is 396 g/mol. The van der Waals surface area contributed by atoms with Gasteiger partial charge in [0.15, 0.2) is 0 Å². The third kappa shape index (κ3) is 3.41. The SMILES string of the molecule is COC(=O)c1ccc(C(=O)N2CCC3(CC2)N=C(N)c2c(F)cccc2N3)cc1. The van der Waals surface area contributed by atoms with Gasteiger partial charge in [-0.3, -0.25) is 4.79 Å². The number of rotatable bonds is 2. The third-order valence-corrected chi connectivity index (χ3v) is 5.40. The number of amidine groups is 1. The summed E-state index contributed by atoms with van der Waals surface area (Å²) in [7, 11) is 1.31. The quantitative estimate of drug-likeness (QED) is 0.760. The molecule has 0 saturated carbocycles. The molecule has 1 spiro atoms. The Morgan fingerprint density at radius 2 is 1.79 bits per heavy atom. The number of anilines is 1. The van der Waals surface area contributed by atoms with Gasteiger partial charge in [-0.25, -0.2) is 14.2 Å². The van der Waals surface area contributed by atoms with Crippen molar-refractivity contribution in [2.75, 3.05) is 25.5 Å². The van der Waals surface area contributed by atoms with Crippen LogP contribution in [0.15, 0.2) is 47.5 Å². The molecule has 7 nitrogen and oxygen atoms in total. The standard InChI is InChI=1S/C21H21FN4O3/c1-29-20(28)14-7-5-13(6-8-14)19(27)26-11-9-21(10-12-26)24-16-4-2-3-15(22)17(16)18(23)25-21/h2-8,24H,9-12H2,1H3,(H2,23,25). The van der Waals surface area contributed by atoms with E-state index in [1.165, 1.54) is 13.2 Å². The number of benzene rings is 2. The average Bonchev–Trinajstić information content (AvgIpc) is 2.73. The fraction of sp³-hybridized carbons (Fsp3) is 0.286. The summed E-state index contributed by atoms with van der Waals surface area (Å²) in [5, 5.41) is 3.31. The van der Waals surface area contributed by atoms with E-state index in [4.69, 9.17) is 5.73 Å². The second-order valence-electron chi connectivity index (χ2n) is 7.18. The first-order valence-corrected chi connectivity index (χ1v) is 9.32. The predicted octanol–water partition coefficient (Wildman–Crippen LogP) is 2.38. The first-order chi connectivity index (χ1) is 13.9. The van der Waals surface area contributed by atoms with Crippen LogP contribution in [0.2, 0.25) is 0 Å². The molecule has 2 aliphatic heterocycles. The number of nitrogens with one attached hydrogen (secondary N) is 1. The lowest BCUT2D eigenvalue weighted by Crippen LogP contribution is -2.52. The number of amides is 1. The van der Waals surface area contributed by atoms with E-state index in [9.17, 15) is 14.0 Å². The lowest BCUT2D eigenvalue weighted by atomic mass is 9.93. The van der Waals surface area contributed by atoms with E-state index < -0.39 is 17.4 Å². The minimum atomic E-state index is -0.642. The summed E-state index contributed by atoms with van der Waals surface area (Å²) in [4.78, 5) is 30.6. The molecule has 150 valence electrons. The van der Waals surface area contributed by atoms with Crippen LogP contribution in [0.1, 0.15) is 39.1 Å². The van der Waals surface area contributed by atoms with Crippen LogP contribution in [0.25, 0.3) is 0 Å². The van der Waals surface area contributed by atoms with Crippen molar-refractivity contribution in [2.24, 2.45) is 10.7 Å². The minimum absolute atomic E-state index is 0.115. The average molecular weight is 396 g/mol. The van der Waals surface area contributed by atoms with Crippen molar-refractivity contribution < 1.29 is 18.7 Å². The number of ether oxygens (including phenoxy) is 1. The molecule has 0 aliphatic carbocycles. The topological polar surface area (TPSA) is 97.0 Å². The molecular weight excluding hydrogens is 375 g/mol. The summed E-state index contributed by atoms with van der Waals surface area (Å²) in [6, 6.07) is 11.1. The van der Waals surface area contributed by atoms with E-state index >= 15 is 0 Å². The number of fused-ring (bicyclic) bond motifs is 1. The van der Waals surface area contributed by atoms with Gasteiger partial charge >= 0.3 is 5.97 Å². The first kappa shape index (κ1) is 18.9. The molecule has 2 heterocycles. The van der Waals surface area contributed by atoms with Crippen molar-refractivity contribution in [3.63, 3.8) is 0 Å². The molecule has 0 atom stereocenters. The van der Waals surface area contributed by atoms with E-state index in [2.05, 4.69) is 15.0 Å². The summed E-state index contributed by atoms with van der Waals surface area (Å²) >= 11 is 0. The van der Waals surface area contributed by atoms with Gasteiger partial charge in [0, 0.05) is 37.2 Å². The Morgan fingerprint density at radius 1 is 1.14 bits per heavy atom. The zero-order chi connectivity index (χ0) is 20.6. The molecule has 1 amide bonds. The first-order valence-electron chi connectivity index (χ1n) is 9.32. The van der Waals surface area contributed by atoms with Crippen LogP contribution in [-0.2, 0) is 4.74 Å². The predicted molar refractivity (Wildman–Crippen MR) is 106 cm³/mol. The molecule has 0 radical (unpaired) electrons. The Hall–Kier alpha value is -3.42. The molecule has 3 N–H and O–H groups in total. The maximum atomic E-state index is 14.1. The minimum Gasteiger partial charge on any atom is -0.465 e. The molecule has 1 fully saturated rings. The Labute approximate surface area is 167 Å². The van der Waals surface area contributed by atoms with Crippen molar-refractivity contribution in [1.29, 1.82) is 0 Å². The number of nitrogens with zero attached hydrogens (tertiary/aromatic N) is 2. The molecular formula is C21H21FN4O3. The maximum absolute atomic E-state index is 14.1. The number of piperidine rings is 1. The summed E-state index contributed by atoms with van der Waals surface area (Å²) in [5.74, 6) is -0.793. The number of nitrogens with two attached hydrogens (primary N) is 1. The summed E-state index contributed by atoms with van der Waals surface area (Å²) in [6.07, 6.45) is 1.10. The number of carbonyl (C=O) groups excluding carboxylic acids is 2. The van der Waals surface area contributed by atoms with E-state index in [1.54, 1.807) is 41.3 Å².